The predicted octanol–water partition coefficient (Wildman–Crippen LogP) is 4.64. The lowest BCUT2D eigenvalue weighted by Crippen LogP contribution is -2.16. The molecule has 1 heterocycles. The third-order valence-corrected chi connectivity index (χ3v) is 3.96. The van der Waals surface area contributed by atoms with E-state index in [1.54, 1.807) is 11.3 Å². The van der Waals surface area contributed by atoms with Crippen molar-refractivity contribution in [3.05, 3.63) is 88.6 Å². The molecule has 0 aliphatic heterocycles. The summed E-state index contributed by atoms with van der Waals surface area (Å²) in [5.74, 6) is 6.37. The molecule has 0 radical (unpaired) electrons. The van der Waals surface area contributed by atoms with Gasteiger partial charge in [-0.3, -0.25) is 5.01 Å². The minimum atomic E-state index is 0.542. The largest absolute Gasteiger partial charge is 0.254 e. The lowest BCUT2D eigenvalue weighted by Gasteiger charge is -2.15. The Morgan fingerprint density at radius 2 is 1.65 bits per heavy atom. The second-order valence-electron chi connectivity index (χ2n) is 4.82. The summed E-state index contributed by atoms with van der Waals surface area (Å²) in [6.07, 6.45) is 1.88. The molecule has 0 amide bonds. The Morgan fingerprint density at radius 1 is 0.913 bits per heavy atom. The van der Waals surface area contributed by atoms with Crippen LogP contribution in [0.1, 0.15) is 10.4 Å². The summed E-state index contributed by atoms with van der Waals surface area (Å²) < 4.78 is 0. The third kappa shape index (κ3) is 4.57. The van der Waals surface area contributed by atoms with Crippen LogP contribution >= 0.6 is 11.3 Å². The van der Waals surface area contributed by atoms with E-state index < -0.39 is 0 Å². The number of para-hydroxylation sites is 1. The number of rotatable bonds is 4. The Hall–Kier alpha value is -2.83. The first-order chi connectivity index (χ1) is 11.4. The molecule has 3 heteroatoms. The average molecular weight is 316 g/mol. The SMILES string of the molecule is C(#Cc1ccccc1)CN(/N=C/c1cccs1)c1ccccc1. The topological polar surface area (TPSA) is 15.6 Å². The zero-order valence-corrected chi connectivity index (χ0v) is 13.4. The van der Waals surface area contributed by atoms with Gasteiger partial charge in [-0.2, -0.15) is 5.10 Å². The Labute approximate surface area is 140 Å². The van der Waals surface area contributed by atoms with E-state index >= 15 is 0 Å². The highest BCUT2D eigenvalue weighted by Gasteiger charge is 2.01. The highest BCUT2D eigenvalue weighted by molar-refractivity contribution is 7.11. The van der Waals surface area contributed by atoms with Crippen LogP contribution in [0.4, 0.5) is 5.69 Å². The Kier molecular flexibility index (Phi) is 5.23. The monoisotopic (exact) mass is 316 g/mol. The van der Waals surface area contributed by atoms with E-state index in [2.05, 4.69) is 16.9 Å². The summed E-state index contributed by atoms with van der Waals surface area (Å²) in [6, 6.07) is 24.2. The fourth-order valence-electron chi connectivity index (χ4n) is 2.03. The van der Waals surface area contributed by atoms with Crippen molar-refractivity contribution in [1.29, 1.82) is 0 Å². The molecule has 23 heavy (non-hydrogen) atoms. The lowest BCUT2D eigenvalue weighted by atomic mass is 10.2. The lowest BCUT2D eigenvalue weighted by molar-refractivity contribution is 0.961. The van der Waals surface area contributed by atoms with Gasteiger partial charge in [-0.15, -0.1) is 11.3 Å². The highest BCUT2D eigenvalue weighted by Crippen LogP contribution is 2.14. The zero-order valence-electron chi connectivity index (χ0n) is 12.6. The van der Waals surface area contributed by atoms with Crippen molar-refractivity contribution in [3.8, 4) is 11.8 Å². The van der Waals surface area contributed by atoms with Crippen molar-refractivity contribution in [3.63, 3.8) is 0 Å². The van der Waals surface area contributed by atoms with Crippen LogP contribution in [0.3, 0.4) is 0 Å². The standard InChI is InChI=1S/C20H16N2S/c1-3-9-18(10-4-1)11-7-15-22(19-12-5-2-6-13-19)21-17-20-14-8-16-23-20/h1-6,8-10,12-14,16-17H,15H2/b21-17+. The molecule has 0 unspecified atom stereocenters. The number of thiophene rings is 1. The van der Waals surface area contributed by atoms with Crippen LogP contribution in [-0.2, 0) is 0 Å². The predicted molar refractivity (Wildman–Crippen MR) is 99.0 cm³/mol. The van der Waals surface area contributed by atoms with Crippen LogP contribution < -0.4 is 5.01 Å². The van der Waals surface area contributed by atoms with E-state index in [0.29, 0.717) is 6.54 Å². The molecule has 0 aliphatic carbocycles. The van der Waals surface area contributed by atoms with Crippen molar-refractivity contribution in [1.82, 2.24) is 0 Å². The van der Waals surface area contributed by atoms with Gasteiger partial charge in [0.15, 0.2) is 0 Å². The number of benzene rings is 2. The maximum atomic E-state index is 4.58. The molecule has 0 saturated carbocycles. The van der Waals surface area contributed by atoms with E-state index in [1.807, 2.05) is 89.4 Å². The molecule has 3 aromatic rings. The number of hydrogen-bond donors (Lipinski definition) is 0. The highest BCUT2D eigenvalue weighted by atomic mass is 32.1. The molecule has 0 saturated heterocycles. The summed E-state index contributed by atoms with van der Waals surface area (Å²) in [5, 5.41) is 8.54. The van der Waals surface area contributed by atoms with Gasteiger partial charge >= 0.3 is 0 Å². The number of nitrogens with zero attached hydrogens (tertiary/aromatic N) is 2. The van der Waals surface area contributed by atoms with E-state index in [9.17, 15) is 0 Å². The first-order valence-corrected chi connectivity index (χ1v) is 8.24. The van der Waals surface area contributed by atoms with Gasteiger partial charge in [-0.05, 0) is 35.7 Å². The normalized spacial score (nSPS) is 10.3. The molecular formula is C20H16N2S. The van der Waals surface area contributed by atoms with E-state index in [0.717, 1.165) is 16.1 Å². The quantitative estimate of drug-likeness (QED) is 0.389. The Bertz CT molecular complexity index is 797. The smallest absolute Gasteiger partial charge is 0.103 e. The molecule has 0 bridgehead atoms. The van der Waals surface area contributed by atoms with E-state index in [1.165, 1.54) is 0 Å². The molecule has 0 fully saturated rings. The molecule has 0 N–H and O–H groups in total. The van der Waals surface area contributed by atoms with Gasteiger partial charge in [0, 0.05) is 10.4 Å². The molecule has 3 rings (SSSR count). The Balaban J connectivity index is 1.77. The van der Waals surface area contributed by atoms with Crippen LogP contribution in [0.15, 0.2) is 83.3 Å². The van der Waals surface area contributed by atoms with Crippen molar-refractivity contribution in [2.45, 2.75) is 0 Å². The van der Waals surface area contributed by atoms with Crippen LogP contribution in [0.2, 0.25) is 0 Å². The summed E-state index contributed by atoms with van der Waals surface area (Å²) in [4.78, 5) is 1.13. The molecule has 1 aromatic heterocycles. The maximum absolute atomic E-state index is 4.58. The summed E-state index contributed by atoms with van der Waals surface area (Å²) in [6.45, 7) is 0.542. The van der Waals surface area contributed by atoms with Crippen LogP contribution in [-0.4, -0.2) is 12.8 Å². The fourth-order valence-corrected chi connectivity index (χ4v) is 2.61. The third-order valence-electron chi connectivity index (χ3n) is 3.16. The molecule has 2 aromatic carbocycles. The van der Waals surface area contributed by atoms with Crippen molar-refractivity contribution in [2.24, 2.45) is 5.10 Å². The van der Waals surface area contributed by atoms with Gasteiger partial charge in [-0.25, -0.2) is 0 Å². The van der Waals surface area contributed by atoms with Crippen LogP contribution in [0.25, 0.3) is 0 Å². The van der Waals surface area contributed by atoms with Crippen molar-refractivity contribution < 1.29 is 0 Å². The number of anilines is 1. The van der Waals surface area contributed by atoms with Gasteiger partial charge < -0.3 is 0 Å². The molecule has 112 valence electrons. The summed E-state index contributed by atoms with van der Waals surface area (Å²) in [7, 11) is 0. The van der Waals surface area contributed by atoms with Gasteiger partial charge in [0.1, 0.15) is 6.54 Å². The Morgan fingerprint density at radius 3 is 2.35 bits per heavy atom. The molecular weight excluding hydrogens is 300 g/mol. The van der Waals surface area contributed by atoms with Gasteiger partial charge in [0.25, 0.3) is 0 Å². The molecule has 0 spiro atoms. The second-order valence-corrected chi connectivity index (χ2v) is 5.80. The first kappa shape index (κ1) is 15.1. The molecule has 0 atom stereocenters. The minimum absolute atomic E-state index is 0.542. The number of hydrogen-bond acceptors (Lipinski definition) is 3. The van der Waals surface area contributed by atoms with Crippen LogP contribution in [0.5, 0.6) is 0 Å². The molecule has 0 aliphatic rings. The number of hydrazone groups is 1. The van der Waals surface area contributed by atoms with Gasteiger partial charge in [0.2, 0.25) is 0 Å². The first-order valence-electron chi connectivity index (χ1n) is 7.36. The van der Waals surface area contributed by atoms with Crippen molar-refractivity contribution >= 4 is 23.2 Å². The van der Waals surface area contributed by atoms with E-state index in [-0.39, 0.29) is 0 Å². The van der Waals surface area contributed by atoms with Gasteiger partial charge in [-0.1, -0.05) is 54.3 Å². The average Bonchev–Trinajstić information content (AvgIpc) is 3.13. The molecule has 2 nitrogen and oxygen atoms in total. The summed E-state index contributed by atoms with van der Waals surface area (Å²) >= 11 is 1.67. The fraction of sp³-hybridized carbons (Fsp3) is 0.0500. The zero-order chi connectivity index (χ0) is 15.7. The maximum Gasteiger partial charge on any atom is 0.103 e. The summed E-state index contributed by atoms with van der Waals surface area (Å²) in [5.41, 5.74) is 2.05. The van der Waals surface area contributed by atoms with Gasteiger partial charge in [0.05, 0.1) is 11.9 Å². The van der Waals surface area contributed by atoms with E-state index in [4.69, 9.17) is 0 Å². The minimum Gasteiger partial charge on any atom is -0.254 e. The van der Waals surface area contributed by atoms with Crippen molar-refractivity contribution in [2.75, 3.05) is 11.6 Å². The second kappa shape index (κ2) is 7.98. The van der Waals surface area contributed by atoms with Crippen LogP contribution in [0, 0.1) is 11.8 Å².